The Morgan fingerprint density at radius 1 is 1.27 bits per heavy atom. The molecule has 66 valence electrons. The zero-order valence-corrected chi connectivity index (χ0v) is 9.06. The van der Waals surface area contributed by atoms with Crippen LogP contribution in [0.5, 0.6) is 0 Å². The molecule has 0 spiro atoms. The molecule has 0 unspecified atom stereocenters. The van der Waals surface area contributed by atoms with E-state index in [2.05, 4.69) is 6.92 Å². The quantitative estimate of drug-likeness (QED) is 0.466. The Morgan fingerprint density at radius 2 is 2.00 bits per heavy atom. The SMILES string of the molecule is CC[SiH2]OCC1CCCCC1. The lowest BCUT2D eigenvalue weighted by Crippen LogP contribution is -2.14. The predicted octanol–water partition coefficient (Wildman–Crippen LogP) is 2.11. The van der Waals surface area contributed by atoms with E-state index in [4.69, 9.17) is 4.43 Å². The van der Waals surface area contributed by atoms with E-state index in [0.29, 0.717) is 0 Å². The fourth-order valence-electron chi connectivity index (χ4n) is 1.75. The summed E-state index contributed by atoms with van der Waals surface area (Å²) >= 11 is 0. The summed E-state index contributed by atoms with van der Waals surface area (Å²) in [5.74, 6) is 0.919. The Hall–Kier alpha value is 0.177. The summed E-state index contributed by atoms with van der Waals surface area (Å²) in [7, 11) is -0.123. The Balaban J connectivity index is 1.96. The number of rotatable bonds is 4. The second-order valence-electron chi connectivity index (χ2n) is 3.58. The molecule has 2 heteroatoms. The van der Waals surface area contributed by atoms with Crippen LogP contribution in [0.3, 0.4) is 0 Å². The lowest BCUT2D eigenvalue weighted by Gasteiger charge is -2.21. The molecule has 1 rings (SSSR count). The van der Waals surface area contributed by atoms with Gasteiger partial charge >= 0.3 is 0 Å². The largest absolute Gasteiger partial charge is 0.424 e. The summed E-state index contributed by atoms with van der Waals surface area (Å²) < 4.78 is 5.66. The van der Waals surface area contributed by atoms with Crippen LogP contribution in [0.4, 0.5) is 0 Å². The Morgan fingerprint density at radius 3 is 2.64 bits per heavy atom. The molecule has 0 atom stereocenters. The molecule has 1 aliphatic carbocycles. The highest BCUT2D eigenvalue weighted by Gasteiger charge is 2.12. The van der Waals surface area contributed by atoms with E-state index in [0.717, 1.165) is 12.5 Å². The molecule has 0 aromatic carbocycles. The van der Waals surface area contributed by atoms with Gasteiger partial charge in [0.05, 0.1) is 0 Å². The van der Waals surface area contributed by atoms with Gasteiger partial charge in [0.1, 0.15) is 0 Å². The molecule has 1 nitrogen and oxygen atoms in total. The first kappa shape index (κ1) is 9.27. The van der Waals surface area contributed by atoms with Crippen LogP contribution in [0.15, 0.2) is 0 Å². The van der Waals surface area contributed by atoms with E-state index >= 15 is 0 Å². The van der Waals surface area contributed by atoms with Crippen LogP contribution in [0, 0.1) is 5.92 Å². The average Bonchev–Trinajstić information content (AvgIpc) is 2.07. The molecule has 0 aromatic rings. The van der Waals surface area contributed by atoms with Crippen molar-refractivity contribution < 1.29 is 4.43 Å². The summed E-state index contributed by atoms with van der Waals surface area (Å²) in [6, 6.07) is 1.30. The van der Waals surface area contributed by atoms with Crippen molar-refractivity contribution in [1.29, 1.82) is 0 Å². The minimum absolute atomic E-state index is 0.123. The van der Waals surface area contributed by atoms with Crippen LogP contribution < -0.4 is 0 Å². The minimum Gasteiger partial charge on any atom is -0.424 e. The monoisotopic (exact) mass is 172 g/mol. The Bertz CT molecular complexity index is 89.6. The van der Waals surface area contributed by atoms with Crippen molar-refractivity contribution in [2.24, 2.45) is 5.92 Å². The Labute approximate surface area is 72.5 Å². The van der Waals surface area contributed by atoms with Crippen LogP contribution in [0.2, 0.25) is 6.04 Å². The van der Waals surface area contributed by atoms with E-state index in [1.54, 1.807) is 0 Å². The van der Waals surface area contributed by atoms with Gasteiger partial charge < -0.3 is 4.43 Å². The van der Waals surface area contributed by atoms with Gasteiger partial charge in [0, 0.05) is 6.61 Å². The average molecular weight is 172 g/mol. The number of hydrogen-bond donors (Lipinski definition) is 0. The maximum absolute atomic E-state index is 5.66. The third kappa shape index (κ3) is 3.92. The van der Waals surface area contributed by atoms with E-state index in [1.807, 2.05) is 0 Å². The molecular formula is C9H20OSi. The van der Waals surface area contributed by atoms with E-state index in [-0.39, 0.29) is 9.76 Å². The second kappa shape index (κ2) is 5.78. The third-order valence-corrected chi connectivity index (χ3v) is 3.36. The molecule has 0 saturated heterocycles. The normalized spacial score (nSPS) is 21.5. The van der Waals surface area contributed by atoms with Gasteiger partial charge in [0.25, 0.3) is 0 Å². The van der Waals surface area contributed by atoms with Crippen LogP contribution >= 0.6 is 0 Å². The molecule has 0 heterocycles. The molecule has 0 bridgehead atoms. The van der Waals surface area contributed by atoms with Gasteiger partial charge in [-0.3, -0.25) is 0 Å². The number of hydrogen-bond acceptors (Lipinski definition) is 1. The second-order valence-corrected chi connectivity index (χ2v) is 5.40. The lowest BCUT2D eigenvalue weighted by molar-refractivity contribution is 0.216. The highest BCUT2D eigenvalue weighted by atomic mass is 28.2. The van der Waals surface area contributed by atoms with Crippen molar-refractivity contribution in [3.05, 3.63) is 0 Å². The van der Waals surface area contributed by atoms with Crippen molar-refractivity contribution in [3.63, 3.8) is 0 Å². The molecule has 0 radical (unpaired) electrons. The maximum Gasteiger partial charge on any atom is 0.161 e. The summed E-state index contributed by atoms with van der Waals surface area (Å²) in [6.07, 6.45) is 7.21. The fraction of sp³-hybridized carbons (Fsp3) is 1.00. The Kier molecular flexibility index (Phi) is 4.87. The van der Waals surface area contributed by atoms with Gasteiger partial charge in [-0.15, -0.1) is 0 Å². The highest BCUT2D eigenvalue weighted by Crippen LogP contribution is 2.23. The first-order valence-corrected chi connectivity index (χ1v) is 6.59. The third-order valence-electron chi connectivity index (χ3n) is 2.43. The fourth-order valence-corrected chi connectivity index (χ4v) is 2.54. The van der Waals surface area contributed by atoms with E-state index in [9.17, 15) is 0 Å². The van der Waals surface area contributed by atoms with Crippen LogP contribution in [0.25, 0.3) is 0 Å². The lowest BCUT2D eigenvalue weighted by atomic mass is 9.90. The van der Waals surface area contributed by atoms with Gasteiger partial charge in [0.15, 0.2) is 9.76 Å². The highest BCUT2D eigenvalue weighted by molar-refractivity contribution is 6.26. The molecule has 0 aromatic heterocycles. The topological polar surface area (TPSA) is 9.23 Å². The van der Waals surface area contributed by atoms with E-state index in [1.165, 1.54) is 38.1 Å². The zero-order chi connectivity index (χ0) is 7.94. The first-order chi connectivity index (χ1) is 5.43. The van der Waals surface area contributed by atoms with Gasteiger partial charge in [-0.1, -0.05) is 26.2 Å². The van der Waals surface area contributed by atoms with Crippen LogP contribution in [0.1, 0.15) is 39.0 Å². The predicted molar refractivity (Wildman–Crippen MR) is 51.6 cm³/mol. The summed E-state index contributed by atoms with van der Waals surface area (Å²) in [5.41, 5.74) is 0. The maximum atomic E-state index is 5.66. The molecule has 1 aliphatic rings. The van der Waals surface area contributed by atoms with E-state index < -0.39 is 0 Å². The van der Waals surface area contributed by atoms with Crippen molar-refractivity contribution >= 4 is 9.76 Å². The van der Waals surface area contributed by atoms with Crippen LogP contribution in [-0.2, 0) is 4.43 Å². The van der Waals surface area contributed by atoms with Gasteiger partial charge in [-0.25, -0.2) is 0 Å². The molecule has 0 aliphatic heterocycles. The zero-order valence-electron chi connectivity index (χ0n) is 7.64. The molecule has 11 heavy (non-hydrogen) atoms. The molecule has 0 amide bonds. The summed E-state index contributed by atoms with van der Waals surface area (Å²) in [6.45, 7) is 3.31. The first-order valence-electron chi connectivity index (χ1n) is 5.01. The van der Waals surface area contributed by atoms with Gasteiger partial charge in [-0.05, 0) is 24.8 Å². The molecule has 1 fully saturated rings. The van der Waals surface area contributed by atoms with Crippen molar-refractivity contribution in [2.75, 3.05) is 6.61 Å². The van der Waals surface area contributed by atoms with Crippen molar-refractivity contribution in [2.45, 2.75) is 45.1 Å². The van der Waals surface area contributed by atoms with Crippen LogP contribution in [-0.4, -0.2) is 16.4 Å². The summed E-state index contributed by atoms with van der Waals surface area (Å²) in [5, 5.41) is 0. The van der Waals surface area contributed by atoms with Crippen molar-refractivity contribution in [3.8, 4) is 0 Å². The smallest absolute Gasteiger partial charge is 0.161 e. The van der Waals surface area contributed by atoms with Gasteiger partial charge in [0.2, 0.25) is 0 Å². The van der Waals surface area contributed by atoms with Gasteiger partial charge in [-0.2, -0.15) is 0 Å². The molecule has 0 N–H and O–H groups in total. The summed E-state index contributed by atoms with van der Waals surface area (Å²) in [4.78, 5) is 0. The van der Waals surface area contributed by atoms with Crippen molar-refractivity contribution in [1.82, 2.24) is 0 Å². The molecular weight excluding hydrogens is 152 g/mol. The minimum atomic E-state index is -0.123. The molecule has 1 saturated carbocycles. The standard InChI is InChI=1S/C9H20OSi/c1-2-11-10-8-9-6-4-3-5-7-9/h9H,2-8,11H2,1H3.